The number of halogens is 1. The molecule has 0 spiro atoms. The van der Waals surface area contributed by atoms with Crippen molar-refractivity contribution in [2.75, 3.05) is 32.7 Å². The molecule has 2 aromatic carbocycles. The van der Waals surface area contributed by atoms with Crippen LogP contribution < -0.4 is 16.2 Å². The van der Waals surface area contributed by atoms with Crippen LogP contribution in [0, 0.1) is 5.82 Å². The van der Waals surface area contributed by atoms with E-state index in [0.717, 1.165) is 6.07 Å². The highest BCUT2D eigenvalue weighted by Crippen LogP contribution is 2.26. The van der Waals surface area contributed by atoms with Crippen molar-refractivity contribution in [3.05, 3.63) is 71.2 Å². The molecule has 198 valence electrons. The van der Waals surface area contributed by atoms with Crippen LogP contribution in [-0.2, 0) is 4.79 Å². The van der Waals surface area contributed by atoms with Gasteiger partial charge in [0.15, 0.2) is 0 Å². The topological polar surface area (TPSA) is 144 Å². The number of urea groups is 1. The van der Waals surface area contributed by atoms with E-state index >= 15 is 0 Å². The number of benzene rings is 2. The highest BCUT2D eigenvalue weighted by molar-refractivity contribution is 6.45. The highest BCUT2D eigenvalue weighted by Gasteiger charge is 2.31. The first-order valence-electron chi connectivity index (χ1n) is 12.1. The molecule has 38 heavy (non-hydrogen) atoms. The maximum Gasteiger partial charge on any atom is 0.333 e. The molecule has 1 aliphatic heterocycles. The average Bonchev–Trinajstić information content (AvgIpc) is 3.40. The van der Waals surface area contributed by atoms with Crippen LogP contribution in [0.3, 0.4) is 0 Å². The fourth-order valence-corrected chi connectivity index (χ4v) is 4.17. The number of amides is 5. The fraction of sp³-hybridized carbons (Fsp3) is 0.269. The lowest BCUT2D eigenvalue weighted by molar-refractivity contribution is -0.127. The summed E-state index contributed by atoms with van der Waals surface area (Å²) >= 11 is 0. The Labute approximate surface area is 217 Å². The maximum absolute atomic E-state index is 14.8. The van der Waals surface area contributed by atoms with Crippen LogP contribution >= 0.6 is 0 Å². The number of piperazine rings is 1. The molecule has 0 aliphatic carbocycles. The molecule has 11 nitrogen and oxygen atoms in total. The number of carbonyl (C=O) groups is 5. The summed E-state index contributed by atoms with van der Waals surface area (Å²) in [5.74, 6) is -3.46. The predicted molar refractivity (Wildman–Crippen MR) is 136 cm³/mol. The molecule has 3 aromatic rings. The summed E-state index contributed by atoms with van der Waals surface area (Å²) in [6.07, 6.45) is 1.89. The molecule has 1 aromatic heterocycles. The molecule has 0 atom stereocenters. The van der Waals surface area contributed by atoms with E-state index in [0.29, 0.717) is 18.5 Å². The monoisotopic (exact) mass is 522 g/mol. The Kier molecular flexibility index (Phi) is 8.00. The van der Waals surface area contributed by atoms with Gasteiger partial charge in [-0.2, -0.15) is 0 Å². The van der Waals surface area contributed by atoms with E-state index in [1.54, 1.807) is 29.2 Å². The van der Waals surface area contributed by atoms with Crippen molar-refractivity contribution in [2.24, 2.45) is 0 Å². The van der Waals surface area contributed by atoms with Gasteiger partial charge in [0.05, 0.1) is 16.6 Å². The first-order chi connectivity index (χ1) is 18.3. The molecule has 0 unspecified atom stereocenters. The SMILES string of the molecule is CCCNC(=O)NNC(=O)c1ccc(F)c2c(C(=O)C(=O)N3CCN(C(=O)c4ccccc4)CC3)c[nH]c12. The van der Waals surface area contributed by atoms with E-state index in [1.165, 1.54) is 17.2 Å². The van der Waals surface area contributed by atoms with Crippen LogP contribution in [0.1, 0.15) is 44.4 Å². The van der Waals surface area contributed by atoms with Crippen LogP contribution in [0.5, 0.6) is 0 Å². The van der Waals surface area contributed by atoms with Crippen molar-refractivity contribution >= 4 is 40.4 Å². The van der Waals surface area contributed by atoms with E-state index in [1.807, 2.05) is 13.0 Å². The number of nitrogens with one attached hydrogen (secondary N) is 4. The molecule has 5 amide bonds. The molecule has 1 saturated heterocycles. The van der Waals surface area contributed by atoms with Gasteiger partial charge >= 0.3 is 6.03 Å². The lowest BCUT2D eigenvalue weighted by Gasteiger charge is -2.34. The number of Topliss-reactive ketones (excluding diaryl/α,β-unsaturated/α-hetero) is 1. The van der Waals surface area contributed by atoms with Crippen LogP contribution in [0.15, 0.2) is 48.7 Å². The molecular weight excluding hydrogens is 495 g/mol. The zero-order valence-electron chi connectivity index (χ0n) is 20.7. The molecule has 1 aliphatic rings. The standard InChI is InChI=1S/C26H27FN6O5/c1-2-10-28-26(38)31-30-23(35)17-8-9-19(27)20-18(15-29-21(17)20)22(34)25(37)33-13-11-32(12-14-33)24(36)16-6-4-3-5-7-16/h3-9,15,29H,2,10-14H2,1H3,(H,30,35)(H2,28,31,38). The van der Waals surface area contributed by atoms with Crippen molar-refractivity contribution < 1.29 is 28.4 Å². The molecule has 4 rings (SSSR count). The number of rotatable bonds is 6. The third kappa shape index (κ3) is 5.48. The molecule has 1 fully saturated rings. The van der Waals surface area contributed by atoms with Crippen LogP contribution in [-0.4, -0.2) is 77.0 Å². The first kappa shape index (κ1) is 26.3. The van der Waals surface area contributed by atoms with E-state index in [2.05, 4.69) is 21.2 Å². The Morgan fingerprint density at radius 3 is 2.26 bits per heavy atom. The van der Waals surface area contributed by atoms with Gasteiger partial charge < -0.3 is 20.1 Å². The van der Waals surface area contributed by atoms with Gasteiger partial charge in [-0.1, -0.05) is 25.1 Å². The van der Waals surface area contributed by atoms with Gasteiger partial charge in [-0.3, -0.25) is 24.6 Å². The van der Waals surface area contributed by atoms with E-state index in [4.69, 9.17) is 0 Å². The molecule has 2 heterocycles. The van der Waals surface area contributed by atoms with Crippen LogP contribution in [0.4, 0.5) is 9.18 Å². The second kappa shape index (κ2) is 11.5. The third-order valence-electron chi connectivity index (χ3n) is 6.17. The van der Waals surface area contributed by atoms with Gasteiger partial charge in [-0.25, -0.2) is 14.6 Å². The smallest absolute Gasteiger partial charge is 0.333 e. The summed E-state index contributed by atoms with van der Waals surface area (Å²) in [6.45, 7) is 3.07. The Balaban J connectivity index is 1.45. The van der Waals surface area contributed by atoms with E-state index < -0.39 is 29.4 Å². The first-order valence-corrected chi connectivity index (χ1v) is 12.1. The van der Waals surface area contributed by atoms with Crippen molar-refractivity contribution in [1.29, 1.82) is 0 Å². The number of ketones is 1. The number of aromatic amines is 1. The van der Waals surface area contributed by atoms with Crippen LogP contribution in [0.2, 0.25) is 0 Å². The van der Waals surface area contributed by atoms with Gasteiger partial charge in [0.1, 0.15) is 5.82 Å². The van der Waals surface area contributed by atoms with E-state index in [9.17, 15) is 28.4 Å². The normalized spacial score (nSPS) is 13.2. The Morgan fingerprint density at radius 1 is 0.895 bits per heavy atom. The number of H-pyrrole nitrogens is 1. The molecule has 0 saturated carbocycles. The second-order valence-corrected chi connectivity index (χ2v) is 8.66. The molecule has 0 bridgehead atoms. The van der Waals surface area contributed by atoms with Gasteiger partial charge in [0, 0.05) is 49.9 Å². The largest absolute Gasteiger partial charge is 0.360 e. The third-order valence-corrected chi connectivity index (χ3v) is 6.17. The van der Waals surface area contributed by atoms with Crippen molar-refractivity contribution in [2.45, 2.75) is 13.3 Å². The minimum Gasteiger partial charge on any atom is -0.360 e. The van der Waals surface area contributed by atoms with Gasteiger partial charge in [0.25, 0.3) is 23.5 Å². The Bertz CT molecular complexity index is 1380. The molecular formula is C26H27FN6O5. The molecule has 0 radical (unpaired) electrons. The molecule has 12 heteroatoms. The van der Waals surface area contributed by atoms with Gasteiger partial charge in [-0.15, -0.1) is 0 Å². The van der Waals surface area contributed by atoms with Crippen molar-refractivity contribution in [1.82, 2.24) is 31.0 Å². The number of hydrogen-bond donors (Lipinski definition) is 4. The predicted octanol–water partition coefficient (Wildman–Crippen LogP) is 1.83. The lowest BCUT2D eigenvalue weighted by atomic mass is 10.0. The summed E-state index contributed by atoms with van der Waals surface area (Å²) in [5.41, 5.74) is 4.71. The second-order valence-electron chi connectivity index (χ2n) is 8.66. The van der Waals surface area contributed by atoms with Crippen molar-refractivity contribution in [3.63, 3.8) is 0 Å². The van der Waals surface area contributed by atoms with Gasteiger partial charge in [0.2, 0.25) is 0 Å². The highest BCUT2D eigenvalue weighted by atomic mass is 19.1. The summed E-state index contributed by atoms with van der Waals surface area (Å²) in [6, 6.07) is 10.4. The summed E-state index contributed by atoms with van der Waals surface area (Å²) in [5, 5.41) is 2.32. The minimum atomic E-state index is -0.937. The lowest BCUT2D eigenvalue weighted by Crippen LogP contribution is -2.52. The number of aromatic nitrogens is 1. The Hall–Kier alpha value is -4.74. The van der Waals surface area contributed by atoms with Crippen LogP contribution in [0.25, 0.3) is 10.9 Å². The molecule has 4 N–H and O–H groups in total. The number of fused-ring (bicyclic) bond motifs is 1. The average molecular weight is 523 g/mol. The number of carbonyl (C=O) groups excluding carboxylic acids is 5. The number of nitrogens with zero attached hydrogens (tertiary/aromatic N) is 2. The number of hydrazine groups is 1. The summed E-state index contributed by atoms with van der Waals surface area (Å²) in [7, 11) is 0. The number of hydrogen-bond acceptors (Lipinski definition) is 5. The summed E-state index contributed by atoms with van der Waals surface area (Å²) in [4.78, 5) is 68.6. The quantitative estimate of drug-likeness (QED) is 0.222. The maximum atomic E-state index is 14.8. The van der Waals surface area contributed by atoms with E-state index in [-0.39, 0.29) is 54.1 Å². The fourth-order valence-electron chi connectivity index (χ4n) is 4.17. The minimum absolute atomic E-state index is 0.00712. The zero-order valence-corrected chi connectivity index (χ0v) is 20.7. The Morgan fingerprint density at radius 2 is 1.58 bits per heavy atom. The van der Waals surface area contributed by atoms with Gasteiger partial charge in [-0.05, 0) is 30.7 Å². The summed E-state index contributed by atoms with van der Waals surface area (Å²) < 4.78 is 14.8. The zero-order chi connectivity index (χ0) is 27.2. The van der Waals surface area contributed by atoms with Crippen molar-refractivity contribution in [3.8, 4) is 0 Å².